The molecule has 0 saturated carbocycles. The van der Waals surface area contributed by atoms with Gasteiger partial charge in [0.2, 0.25) is 0 Å². The van der Waals surface area contributed by atoms with Crippen LogP contribution in [-0.2, 0) is 6.61 Å². The van der Waals surface area contributed by atoms with Crippen LogP contribution in [0.5, 0.6) is 0 Å². The van der Waals surface area contributed by atoms with Gasteiger partial charge in [0.25, 0.3) is 0 Å². The molecule has 15 heavy (non-hydrogen) atoms. The first-order valence-electron chi connectivity index (χ1n) is 5.31. The van der Waals surface area contributed by atoms with Crippen molar-refractivity contribution in [3.8, 4) is 0 Å². The number of aromatic nitrogens is 1. The highest BCUT2D eigenvalue weighted by Crippen LogP contribution is 2.24. The Bertz CT molecular complexity index is 323. The maximum atomic E-state index is 9.02. The highest BCUT2D eigenvalue weighted by atomic mass is 16.3. The van der Waals surface area contributed by atoms with E-state index >= 15 is 0 Å². The smallest absolute Gasteiger partial charge is 0.0853 e. The molecule has 0 aliphatic rings. The monoisotopic (exact) mass is 208 g/mol. The third-order valence-corrected chi connectivity index (χ3v) is 3.12. The van der Waals surface area contributed by atoms with Crippen molar-refractivity contribution < 1.29 is 5.11 Å². The standard InChI is InChI=1S/C12H20N2O/c1-5-12(2,3)14(4)11-6-7-13-10(8-11)9-15/h6-8,15H,5,9H2,1-4H3. The van der Waals surface area contributed by atoms with E-state index in [0.717, 1.165) is 12.1 Å². The van der Waals surface area contributed by atoms with Crippen LogP contribution in [0.1, 0.15) is 32.9 Å². The molecule has 84 valence electrons. The Balaban J connectivity index is 2.95. The van der Waals surface area contributed by atoms with Gasteiger partial charge in [0, 0.05) is 24.5 Å². The normalized spacial score (nSPS) is 11.5. The molecule has 1 aromatic rings. The molecule has 0 bridgehead atoms. The van der Waals surface area contributed by atoms with Crippen LogP contribution >= 0.6 is 0 Å². The minimum atomic E-state index is -0.00572. The average Bonchev–Trinajstić information content (AvgIpc) is 2.28. The Morgan fingerprint density at radius 3 is 2.67 bits per heavy atom. The lowest BCUT2D eigenvalue weighted by molar-refractivity contribution is 0.277. The molecule has 0 saturated heterocycles. The van der Waals surface area contributed by atoms with Gasteiger partial charge in [-0.2, -0.15) is 0 Å². The molecular formula is C12H20N2O. The lowest BCUT2D eigenvalue weighted by Crippen LogP contribution is -2.40. The molecule has 1 rings (SSSR count). The Morgan fingerprint density at radius 1 is 1.47 bits per heavy atom. The van der Waals surface area contributed by atoms with E-state index in [1.54, 1.807) is 6.20 Å². The van der Waals surface area contributed by atoms with Gasteiger partial charge >= 0.3 is 0 Å². The van der Waals surface area contributed by atoms with Crippen LogP contribution in [0, 0.1) is 0 Å². The zero-order valence-corrected chi connectivity index (χ0v) is 9.99. The van der Waals surface area contributed by atoms with Crippen molar-refractivity contribution in [3.63, 3.8) is 0 Å². The summed E-state index contributed by atoms with van der Waals surface area (Å²) in [7, 11) is 2.07. The average molecular weight is 208 g/mol. The number of pyridine rings is 1. The summed E-state index contributed by atoms with van der Waals surface area (Å²) in [5.41, 5.74) is 1.93. The maximum absolute atomic E-state index is 9.02. The lowest BCUT2D eigenvalue weighted by Gasteiger charge is -2.36. The molecule has 0 aliphatic heterocycles. The van der Waals surface area contributed by atoms with Crippen molar-refractivity contribution in [2.45, 2.75) is 39.3 Å². The molecule has 0 unspecified atom stereocenters. The van der Waals surface area contributed by atoms with Gasteiger partial charge in [0.15, 0.2) is 0 Å². The second-order valence-corrected chi connectivity index (χ2v) is 4.39. The van der Waals surface area contributed by atoms with Gasteiger partial charge < -0.3 is 10.0 Å². The van der Waals surface area contributed by atoms with E-state index in [1.165, 1.54) is 0 Å². The predicted octanol–water partition coefficient (Wildman–Crippen LogP) is 2.20. The van der Waals surface area contributed by atoms with Crippen LogP contribution in [0.15, 0.2) is 18.3 Å². The molecule has 3 nitrogen and oxygen atoms in total. The fraction of sp³-hybridized carbons (Fsp3) is 0.583. The van der Waals surface area contributed by atoms with Crippen molar-refractivity contribution in [2.75, 3.05) is 11.9 Å². The van der Waals surface area contributed by atoms with Crippen molar-refractivity contribution in [1.29, 1.82) is 0 Å². The molecule has 1 heterocycles. The fourth-order valence-electron chi connectivity index (χ4n) is 1.35. The lowest BCUT2D eigenvalue weighted by atomic mass is 9.99. The summed E-state index contributed by atoms with van der Waals surface area (Å²) in [6.45, 7) is 6.57. The van der Waals surface area contributed by atoms with Gasteiger partial charge in [-0.15, -0.1) is 0 Å². The molecule has 0 atom stereocenters. The zero-order chi connectivity index (χ0) is 11.5. The van der Waals surface area contributed by atoms with E-state index in [1.807, 2.05) is 12.1 Å². The topological polar surface area (TPSA) is 36.4 Å². The Morgan fingerprint density at radius 2 is 2.13 bits per heavy atom. The van der Waals surface area contributed by atoms with Crippen LogP contribution in [0.3, 0.4) is 0 Å². The number of rotatable bonds is 4. The van der Waals surface area contributed by atoms with Crippen molar-refractivity contribution >= 4 is 5.69 Å². The van der Waals surface area contributed by atoms with Crippen LogP contribution < -0.4 is 4.90 Å². The summed E-state index contributed by atoms with van der Waals surface area (Å²) in [6, 6.07) is 3.90. The van der Waals surface area contributed by atoms with Gasteiger partial charge in [0.1, 0.15) is 0 Å². The molecule has 0 aliphatic carbocycles. The van der Waals surface area contributed by atoms with Gasteiger partial charge in [-0.3, -0.25) is 4.98 Å². The molecule has 1 N–H and O–H groups in total. The quantitative estimate of drug-likeness (QED) is 0.824. The molecule has 0 fully saturated rings. The Hall–Kier alpha value is -1.09. The molecule has 3 heteroatoms. The number of hydrogen-bond donors (Lipinski definition) is 1. The summed E-state index contributed by atoms with van der Waals surface area (Å²) in [5.74, 6) is 0. The SMILES string of the molecule is CCC(C)(C)N(C)c1ccnc(CO)c1. The van der Waals surface area contributed by atoms with Crippen LogP contribution in [0.4, 0.5) is 5.69 Å². The first-order chi connectivity index (χ1) is 7.01. The highest BCUT2D eigenvalue weighted by Gasteiger charge is 2.21. The summed E-state index contributed by atoms with van der Waals surface area (Å²) >= 11 is 0. The molecule has 0 spiro atoms. The highest BCUT2D eigenvalue weighted by molar-refractivity contribution is 5.47. The summed E-state index contributed by atoms with van der Waals surface area (Å²) in [5, 5.41) is 9.02. The van der Waals surface area contributed by atoms with Crippen molar-refractivity contribution in [3.05, 3.63) is 24.0 Å². The second kappa shape index (κ2) is 4.62. The molecule has 0 radical (unpaired) electrons. The Labute approximate surface area is 91.8 Å². The Kier molecular flexibility index (Phi) is 3.69. The first-order valence-corrected chi connectivity index (χ1v) is 5.31. The number of hydrogen-bond acceptors (Lipinski definition) is 3. The minimum Gasteiger partial charge on any atom is -0.390 e. The van der Waals surface area contributed by atoms with Gasteiger partial charge in [-0.1, -0.05) is 6.92 Å². The second-order valence-electron chi connectivity index (χ2n) is 4.39. The number of nitrogens with zero attached hydrogens (tertiary/aromatic N) is 2. The summed E-state index contributed by atoms with van der Waals surface area (Å²) < 4.78 is 0. The van der Waals surface area contributed by atoms with Crippen LogP contribution in [-0.4, -0.2) is 22.7 Å². The van der Waals surface area contributed by atoms with E-state index in [9.17, 15) is 0 Å². The summed E-state index contributed by atoms with van der Waals surface area (Å²) in [4.78, 5) is 6.29. The third kappa shape index (κ3) is 2.69. The van der Waals surface area contributed by atoms with Gasteiger partial charge in [-0.05, 0) is 32.4 Å². The van der Waals surface area contributed by atoms with Crippen molar-refractivity contribution in [1.82, 2.24) is 4.98 Å². The van der Waals surface area contributed by atoms with E-state index in [4.69, 9.17) is 5.11 Å². The van der Waals surface area contributed by atoms with Crippen molar-refractivity contribution in [2.24, 2.45) is 0 Å². The predicted molar refractivity (Wildman–Crippen MR) is 62.9 cm³/mol. The number of aliphatic hydroxyl groups is 1. The van der Waals surface area contributed by atoms with E-state index in [-0.39, 0.29) is 12.1 Å². The minimum absolute atomic E-state index is 0.00572. The molecule has 0 aromatic carbocycles. The number of anilines is 1. The van der Waals surface area contributed by atoms with Gasteiger partial charge in [-0.25, -0.2) is 0 Å². The number of aliphatic hydroxyl groups excluding tert-OH is 1. The van der Waals surface area contributed by atoms with Gasteiger partial charge in [0.05, 0.1) is 12.3 Å². The first kappa shape index (κ1) is 12.0. The largest absolute Gasteiger partial charge is 0.390 e. The third-order valence-electron chi connectivity index (χ3n) is 3.12. The van der Waals surface area contributed by atoms with E-state index in [0.29, 0.717) is 5.69 Å². The van der Waals surface area contributed by atoms with E-state index < -0.39 is 0 Å². The molecule has 1 aromatic heterocycles. The fourth-order valence-corrected chi connectivity index (χ4v) is 1.35. The van der Waals surface area contributed by atoms with Crippen LogP contribution in [0.2, 0.25) is 0 Å². The zero-order valence-electron chi connectivity index (χ0n) is 9.99. The van der Waals surface area contributed by atoms with Crippen LogP contribution in [0.25, 0.3) is 0 Å². The molecule has 0 amide bonds. The molecular weight excluding hydrogens is 188 g/mol. The maximum Gasteiger partial charge on any atom is 0.0853 e. The summed E-state index contributed by atoms with van der Waals surface area (Å²) in [6.07, 6.45) is 2.81. The van der Waals surface area contributed by atoms with E-state index in [2.05, 4.69) is 37.7 Å².